The molecule has 0 unspecified atom stereocenters. The summed E-state index contributed by atoms with van der Waals surface area (Å²) in [6.07, 6.45) is -0.462. The van der Waals surface area contributed by atoms with Gasteiger partial charge in [-0.25, -0.2) is 4.79 Å². The molecule has 1 amide bonds. The van der Waals surface area contributed by atoms with Gasteiger partial charge in [0.05, 0.1) is 13.7 Å². The van der Waals surface area contributed by atoms with Crippen LogP contribution in [0.5, 0.6) is 0 Å². The van der Waals surface area contributed by atoms with Crippen molar-refractivity contribution in [3.63, 3.8) is 0 Å². The van der Waals surface area contributed by atoms with Crippen molar-refractivity contribution >= 4 is 6.09 Å². The second-order valence-electron chi connectivity index (χ2n) is 3.83. The molecule has 0 aliphatic rings. The molecule has 19 heavy (non-hydrogen) atoms. The highest BCUT2D eigenvalue weighted by Gasteiger charge is 2.11. The lowest BCUT2D eigenvalue weighted by molar-refractivity contribution is 0.130. The largest absolute Gasteiger partial charge is 0.453 e. The van der Waals surface area contributed by atoms with E-state index in [-0.39, 0.29) is 6.54 Å². The van der Waals surface area contributed by atoms with Crippen LogP contribution in [0.1, 0.15) is 5.82 Å². The van der Waals surface area contributed by atoms with E-state index in [0.717, 1.165) is 5.56 Å². The van der Waals surface area contributed by atoms with Crippen molar-refractivity contribution < 1.29 is 9.53 Å². The molecule has 0 aliphatic heterocycles. The average Bonchev–Trinajstić information content (AvgIpc) is 2.48. The van der Waals surface area contributed by atoms with Crippen molar-refractivity contribution in [1.82, 2.24) is 25.3 Å². The van der Waals surface area contributed by atoms with Gasteiger partial charge in [0, 0.05) is 12.6 Å². The molecule has 2 rings (SSSR count). The van der Waals surface area contributed by atoms with Crippen molar-refractivity contribution in [2.24, 2.45) is 0 Å². The number of aromatic nitrogens is 4. The summed E-state index contributed by atoms with van der Waals surface area (Å²) < 4.78 is 4.57. The van der Waals surface area contributed by atoms with Crippen LogP contribution in [-0.2, 0) is 11.3 Å². The number of rotatable bonds is 3. The minimum absolute atomic E-state index is 0.196. The van der Waals surface area contributed by atoms with Gasteiger partial charge in [-0.15, -0.1) is 20.4 Å². The van der Waals surface area contributed by atoms with E-state index < -0.39 is 6.09 Å². The van der Waals surface area contributed by atoms with Crippen LogP contribution < -0.4 is 0 Å². The minimum atomic E-state index is -0.462. The molecule has 0 bridgehead atoms. The molecule has 1 aromatic heterocycles. The van der Waals surface area contributed by atoms with Crippen LogP contribution in [0.3, 0.4) is 0 Å². The highest BCUT2D eigenvalue weighted by molar-refractivity contribution is 5.66. The molecular formula is C12H13N5O2. The Morgan fingerprint density at radius 1 is 1.16 bits per heavy atom. The number of hydrogen-bond donors (Lipinski definition) is 0. The Morgan fingerprint density at radius 2 is 1.79 bits per heavy atom. The second kappa shape index (κ2) is 5.85. The molecule has 98 valence electrons. The summed E-state index contributed by atoms with van der Waals surface area (Å²) in [5, 5.41) is 15.8. The predicted molar refractivity (Wildman–Crippen MR) is 66.9 cm³/mol. The third-order valence-electron chi connectivity index (χ3n) is 2.42. The third-order valence-corrected chi connectivity index (χ3v) is 2.42. The smallest absolute Gasteiger partial charge is 0.409 e. The summed E-state index contributed by atoms with van der Waals surface area (Å²) in [5.74, 6) is 0.803. The highest BCUT2D eigenvalue weighted by Crippen LogP contribution is 2.11. The zero-order valence-corrected chi connectivity index (χ0v) is 10.6. The number of methoxy groups -OCH3 is 1. The molecule has 0 spiro atoms. The molecule has 2 aromatic rings. The second-order valence-corrected chi connectivity index (χ2v) is 3.83. The van der Waals surface area contributed by atoms with Crippen LogP contribution in [0.4, 0.5) is 4.79 Å². The third kappa shape index (κ3) is 3.21. The van der Waals surface area contributed by atoms with Gasteiger partial charge in [-0.05, 0) is 0 Å². The van der Waals surface area contributed by atoms with E-state index in [9.17, 15) is 4.79 Å². The Kier molecular flexibility index (Phi) is 3.97. The summed E-state index contributed by atoms with van der Waals surface area (Å²) in [5.41, 5.74) is 0.843. The molecule has 0 atom stereocenters. The number of carbonyl (C=O) groups is 1. The van der Waals surface area contributed by atoms with Crippen molar-refractivity contribution in [1.29, 1.82) is 0 Å². The zero-order chi connectivity index (χ0) is 13.7. The first-order valence-electron chi connectivity index (χ1n) is 5.61. The summed E-state index contributed by atoms with van der Waals surface area (Å²) in [7, 11) is 2.90. The van der Waals surface area contributed by atoms with E-state index in [4.69, 9.17) is 0 Å². The Hall–Kier alpha value is -2.57. The zero-order valence-electron chi connectivity index (χ0n) is 10.6. The molecule has 7 heteroatoms. The standard InChI is InChI=1S/C12H13N5O2/c1-17(12(18)19-2)8-10-13-15-11(16-14-10)9-6-4-3-5-7-9/h3-7H,8H2,1-2H3. The monoisotopic (exact) mass is 259 g/mol. The lowest BCUT2D eigenvalue weighted by atomic mass is 10.2. The fourth-order valence-corrected chi connectivity index (χ4v) is 1.45. The van der Waals surface area contributed by atoms with E-state index in [1.54, 1.807) is 7.05 Å². The number of ether oxygens (including phenoxy) is 1. The lowest BCUT2D eigenvalue weighted by Gasteiger charge is -2.13. The quantitative estimate of drug-likeness (QED) is 0.822. The van der Waals surface area contributed by atoms with Crippen LogP contribution in [-0.4, -0.2) is 45.5 Å². The summed E-state index contributed by atoms with van der Waals surface area (Å²) in [4.78, 5) is 12.5. The van der Waals surface area contributed by atoms with E-state index in [2.05, 4.69) is 25.1 Å². The molecule has 1 heterocycles. The van der Waals surface area contributed by atoms with Gasteiger partial charge < -0.3 is 9.64 Å². The number of benzene rings is 1. The maximum absolute atomic E-state index is 11.2. The Bertz CT molecular complexity index is 544. The molecule has 7 nitrogen and oxygen atoms in total. The normalized spacial score (nSPS) is 10.0. The molecule has 0 N–H and O–H groups in total. The number of hydrogen-bond acceptors (Lipinski definition) is 6. The van der Waals surface area contributed by atoms with E-state index in [1.165, 1.54) is 12.0 Å². The summed E-state index contributed by atoms with van der Waals surface area (Å²) in [6, 6.07) is 9.43. The predicted octanol–water partition coefficient (Wildman–Crippen LogP) is 1.13. The Labute approximate surface area is 110 Å². The van der Waals surface area contributed by atoms with Gasteiger partial charge in [-0.1, -0.05) is 30.3 Å². The van der Waals surface area contributed by atoms with Crippen LogP contribution in [0.25, 0.3) is 11.4 Å². The molecule has 0 fully saturated rings. The van der Waals surface area contributed by atoms with Gasteiger partial charge in [-0.2, -0.15) is 0 Å². The van der Waals surface area contributed by atoms with E-state index >= 15 is 0 Å². The van der Waals surface area contributed by atoms with Crippen molar-refractivity contribution in [3.05, 3.63) is 36.2 Å². The topological polar surface area (TPSA) is 81.1 Å². The number of nitrogens with zero attached hydrogens (tertiary/aromatic N) is 5. The first-order chi connectivity index (χ1) is 9.20. The Morgan fingerprint density at radius 3 is 2.37 bits per heavy atom. The average molecular weight is 259 g/mol. The summed E-state index contributed by atoms with van der Waals surface area (Å²) in [6.45, 7) is 0.196. The molecule has 0 saturated carbocycles. The maximum Gasteiger partial charge on any atom is 0.409 e. The molecule has 0 radical (unpaired) electrons. The number of amides is 1. The lowest BCUT2D eigenvalue weighted by Crippen LogP contribution is -2.27. The first kappa shape index (κ1) is 12.9. The highest BCUT2D eigenvalue weighted by atomic mass is 16.5. The van der Waals surface area contributed by atoms with Gasteiger partial charge in [0.2, 0.25) is 5.82 Å². The number of carbonyl (C=O) groups excluding carboxylic acids is 1. The van der Waals surface area contributed by atoms with Crippen molar-refractivity contribution in [2.45, 2.75) is 6.54 Å². The SMILES string of the molecule is COC(=O)N(C)Cc1nnc(-c2ccccc2)nn1. The van der Waals surface area contributed by atoms with Crippen LogP contribution in [0, 0.1) is 0 Å². The van der Waals surface area contributed by atoms with Crippen LogP contribution in [0.15, 0.2) is 30.3 Å². The first-order valence-corrected chi connectivity index (χ1v) is 5.61. The van der Waals surface area contributed by atoms with Crippen LogP contribution in [0.2, 0.25) is 0 Å². The van der Waals surface area contributed by atoms with Gasteiger partial charge in [0.15, 0.2) is 5.82 Å². The minimum Gasteiger partial charge on any atom is -0.453 e. The maximum atomic E-state index is 11.2. The van der Waals surface area contributed by atoms with Gasteiger partial charge in [0.25, 0.3) is 0 Å². The van der Waals surface area contributed by atoms with Crippen LogP contribution >= 0.6 is 0 Å². The molecular weight excluding hydrogens is 246 g/mol. The molecule has 1 aromatic carbocycles. The van der Waals surface area contributed by atoms with E-state index in [0.29, 0.717) is 11.6 Å². The van der Waals surface area contributed by atoms with E-state index in [1.807, 2.05) is 30.3 Å². The van der Waals surface area contributed by atoms with Crippen molar-refractivity contribution in [2.75, 3.05) is 14.2 Å². The summed E-state index contributed by atoms with van der Waals surface area (Å²) >= 11 is 0. The Balaban J connectivity index is 2.09. The van der Waals surface area contributed by atoms with Gasteiger partial charge >= 0.3 is 6.09 Å². The van der Waals surface area contributed by atoms with Gasteiger partial charge in [0.1, 0.15) is 0 Å². The fraction of sp³-hybridized carbons (Fsp3) is 0.250. The van der Waals surface area contributed by atoms with Crippen molar-refractivity contribution in [3.8, 4) is 11.4 Å². The fourth-order valence-electron chi connectivity index (χ4n) is 1.45. The van der Waals surface area contributed by atoms with Gasteiger partial charge in [-0.3, -0.25) is 0 Å². The molecule has 0 saturated heterocycles. The molecule has 0 aliphatic carbocycles.